The maximum atomic E-state index is 9.60. The Kier molecular flexibility index (Phi) is 3.96. The summed E-state index contributed by atoms with van der Waals surface area (Å²) >= 11 is 8.30. The Labute approximate surface area is 92.4 Å². The van der Waals surface area contributed by atoms with E-state index in [-0.39, 0.29) is 0 Å². The van der Waals surface area contributed by atoms with E-state index in [1.54, 1.807) is 17.4 Å². The van der Waals surface area contributed by atoms with Crippen molar-refractivity contribution in [2.75, 3.05) is 0 Å². The second kappa shape index (κ2) is 4.56. The number of hydrogen-bond donors (Lipinski definition) is 1. The predicted octanol–water partition coefficient (Wildman–Crippen LogP) is 3.88. The Morgan fingerprint density at radius 3 is 2.75 bits per heavy atom. The molecule has 0 saturated heterocycles. The summed E-state index contributed by atoms with van der Waals surface area (Å²) in [6, 6.07) is 1.92. The third-order valence-corrected chi connectivity index (χ3v) is 3.82. The Morgan fingerprint density at radius 2 is 2.33 bits per heavy atom. The molecule has 0 amide bonds. The van der Waals surface area contributed by atoms with Gasteiger partial charge < -0.3 is 5.11 Å². The lowest BCUT2D eigenvalue weighted by molar-refractivity contribution is 0.181. The lowest BCUT2D eigenvalue weighted by Crippen LogP contribution is -1.93. The normalized spacial score (nSPS) is 12.9. The minimum absolute atomic E-state index is 0.445. The molecule has 0 bridgehead atoms. The van der Waals surface area contributed by atoms with Crippen LogP contribution in [-0.4, -0.2) is 5.11 Å². The maximum Gasteiger partial charge on any atom is 0.0843 e. The topological polar surface area (TPSA) is 20.2 Å². The van der Waals surface area contributed by atoms with Crippen LogP contribution in [-0.2, 0) is 0 Å². The van der Waals surface area contributed by atoms with Crippen LogP contribution in [0.15, 0.2) is 26.3 Å². The van der Waals surface area contributed by atoms with Gasteiger partial charge in [0, 0.05) is 5.56 Å². The van der Waals surface area contributed by atoms with Gasteiger partial charge in [0.25, 0.3) is 0 Å². The van der Waals surface area contributed by atoms with E-state index < -0.39 is 6.10 Å². The first-order chi connectivity index (χ1) is 5.65. The van der Waals surface area contributed by atoms with Crippen molar-refractivity contribution >= 4 is 43.2 Å². The van der Waals surface area contributed by atoms with Crippen molar-refractivity contribution in [3.8, 4) is 0 Å². The van der Waals surface area contributed by atoms with E-state index in [1.807, 2.05) is 6.07 Å². The van der Waals surface area contributed by atoms with Crippen LogP contribution in [0.3, 0.4) is 0 Å². The molecule has 0 aliphatic carbocycles. The van der Waals surface area contributed by atoms with Crippen LogP contribution >= 0.6 is 43.2 Å². The quantitative estimate of drug-likeness (QED) is 0.840. The van der Waals surface area contributed by atoms with Crippen LogP contribution in [0.25, 0.3) is 0 Å². The third kappa shape index (κ3) is 2.42. The summed E-state index contributed by atoms with van der Waals surface area (Å²) in [7, 11) is 0. The second-order valence-corrected chi connectivity index (χ2v) is 6.07. The van der Waals surface area contributed by atoms with Crippen LogP contribution in [0.2, 0.25) is 0 Å². The smallest absolute Gasteiger partial charge is 0.0843 e. The molecule has 1 heterocycles. The SMILES string of the molecule is C=CCC(O)c1cc(Br)sc1Br. The fourth-order valence-electron chi connectivity index (χ4n) is 0.865. The highest BCUT2D eigenvalue weighted by Gasteiger charge is 2.12. The lowest BCUT2D eigenvalue weighted by atomic mass is 10.1. The fraction of sp³-hybridized carbons (Fsp3) is 0.250. The number of halogens is 2. The molecule has 0 aliphatic heterocycles. The molecule has 0 radical (unpaired) electrons. The number of aliphatic hydroxyl groups is 1. The Morgan fingerprint density at radius 1 is 1.67 bits per heavy atom. The van der Waals surface area contributed by atoms with E-state index in [9.17, 15) is 5.11 Å². The van der Waals surface area contributed by atoms with Crippen molar-refractivity contribution in [2.45, 2.75) is 12.5 Å². The van der Waals surface area contributed by atoms with Gasteiger partial charge in [0.15, 0.2) is 0 Å². The first-order valence-corrected chi connectivity index (χ1v) is 5.79. The van der Waals surface area contributed by atoms with Gasteiger partial charge in [-0.05, 0) is 44.3 Å². The van der Waals surface area contributed by atoms with Crippen LogP contribution in [0.5, 0.6) is 0 Å². The molecule has 0 aromatic carbocycles. The van der Waals surface area contributed by atoms with Gasteiger partial charge in [-0.1, -0.05) is 6.08 Å². The van der Waals surface area contributed by atoms with Crippen molar-refractivity contribution < 1.29 is 5.11 Å². The van der Waals surface area contributed by atoms with E-state index in [1.165, 1.54) is 0 Å². The third-order valence-electron chi connectivity index (χ3n) is 1.43. The first kappa shape index (κ1) is 10.4. The standard InChI is InChI=1S/C8H8Br2OS/c1-2-3-6(11)5-4-7(9)12-8(5)10/h2,4,6,11H,1,3H2. The second-order valence-electron chi connectivity index (χ2n) is 2.32. The van der Waals surface area contributed by atoms with Gasteiger partial charge in [-0.3, -0.25) is 0 Å². The van der Waals surface area contributed by atoms with Crippen LogP contribution < -0.4 is 0 Å². The summed E-state index contributed by atoms with van der Waals surface area (Å²) < 4.78 is 2.00. The van der Waals surface area contributed by atoms with E-state index in [4.69, 9.17) is 0 Å². The zero-order valence-electron chi connectivity index (χ0n) is 6.26. The molecule has 0 aliphatic rings. The zero-order valence-corrected chi connectivity index (χ0v) is 10.2. The number of aliphatic hydroxyl groups excluding tert-OH is 1. The highest BCUT2D eigenvalue weighted by molar-refractivity contribution is 9.12. The molecule has 1 rings (SSSR count). The molecule has 1 nitrogen and oxygen atoms in total. The number of hydrogen-bond acceptors (Lipinski definition) is 2. The molecule has 0 saturated carbocycles. The van der Waals surface area contributed by atoms with Gasteiger partial charge in [0.2, 0.25) is 0 Å². The van der Waals surface area contributed by atoms with Crippen molar-refractivity contribution in [3.63, 3.8) is 0 Å². The molecule has 12 heavy (non-hydrogen) atoms. The summed E-state index contributed by atoms with van der Waals surface area (Å²) in [5, 5.41) is 9.60. The fourth-order valence-corrected chi connectivity index (χ4v) is 3.82. The first-order valence-electron chi connectivity index (χ1n) is 3.39. The number of thiophene rings is 1. The molecular weight excluding hydrogens is 304 g/mol. The van der Waals surface area contributed by atoms with E-state index in [0.29, 0.717) is 6.42 Å². The molecule has 1 atom stereocenters. The average molecular weight is 312 g/mol. The summed E-state index contributed by atoms with van der Waals surface area (Å²) in [6.45, 7) is 3.58. The summed E-state index contributed by atoms with van der Waals surface area (Å²) in [5.74, 6) is 0. The molecule has 0 fully saturated rings. The largest absolute Gasteiger partial charge is 0.388 e. The molecule has 1 N–H and O–H groups in total. The monoisotopic (exact) mass is 310 g/mol. The molecule has 1 aromatic rings. The molecule has 1 aromatic heterocycles. The van der Waals surface area contributed by atoms with E-state index >= 15 is 0 Å². The minimum Gasteiger partial charge on any atom is -0.388 e. The highest BCUT2D eigenvalue weighted by Crippen LogP contribution is 2.36. The van der Waals surface area contributed by atoms with Crippen LogP contribution in [0.1, 0.15) is 18.1 Å². The van der Waals surface area contributed by atoms with Crippen molar-refractivity contribution in [1.82, 2.24) is 0 Å². The Balaban J connectivity index is 2.85. The van der Waals surface area contributed by atoms with E-state index in [0.717, 1.165) is 13.1 Å². The van der Waals surface area contributed by atoms with Gasteiger partial charge in [-0.25, -0.2) is 0 Å². The van der Waals surface area contributed by atoms with E-state index in [2.05, 4.69) is 38.4 Å². The lowest BCUT2D eigenvalue weighted by Gasteiger charge is -2.05. The van der Waals surface area contributed by atoms with Crippen LogP contribution in [0.4, 0.5) is 0 Å². The molecule has 4 heteroatoms. The average Bonchev–Trinajstić information content (AvgIpc) is 2.30. The molecular formula is C8H8Br2OS. The summed E-state index contributed by atoms with van der Waals surface area (Å²) in [5.41, 5.74) is 0.923. The number of rotatable bonds is 3. The zero-order chi connectivity index (χ0) is 9.14. The van der Waals surface area contributed by atoms with Gasteiger partial charge in [-0.2, -0.15) is 0 Å². The minimum atomic E-state index is -0.445. The molecule has 66 valence electrons. The van der Waals surface area contributed by atoms with Crippen molar-refractivity contribution in [2.24, 2.45) is 0 Å². The Bertz CT molecular complexity index is 283. The van der Waals surface area contributed by atoms with Gasteiger partial charge in [0.1, 0.15) is 0 Å². The van der Waals surface area contributed by atoms with Crippen molar-refractivity contribution in [1.29, 1.82) is 0 Å². The summed E-state index contributed by atoms with van der Waals surface area (Å²) in [4.78, 5) is 0. The van der Waals surface area contributed by atoms with Gasteiger partial charge >= 0.3 is 0 Å². The highest BCUT2D eigenvalue weighted by atomic mass is 79.9. The van der Waals surface area contributed by atoms with Crippen LogP contribution in [0, 0.1) is 0 Å². The predicted molar refractivity (Wildman–Crippen MR) is 59.5 cm³/mol. The van der Waals surface area contributed by atoms with Gasteiger partial charge in [0.05, 0.1) is 13.7 Å². The molecule has 1 unspecified atom stereocenters. The Hall–Kier alpha value is 0.360. The van der Waals surface area contributed by atoms with Gasteiger partial charge in [-0.15, -0.1) is 17.9 Å². The maximum absolute atomic E-state index is 9.60. The van der Waals surface area contributed by atoms with Crippen molar-refractivity contribution in [3.05, 3.63) is 31.9 Å². The summed E-state index contributed by atoms with van der Waals surface area (Å²) in [6.07, 6.45) is 1.85. The molecule has 0 spiro atoms.